The molecule has 0 spiro atoms. The maximum absolute atomic E-state index is 6.12. The molecule has 1 heterocycles. The molecular formula is C13H22ClN3S. The van der Waals surface area contributed by atoms with Crippen LogP contribution in [0.1, 0.15) is 37.6 Å². The summed E-state index contributed by atoms with van der Waals surface area (Å²) in [6, 6.07) is 0. The van der Waals surface area contributed by atoms with Gasteiger partial charge in [-0.1, -0.05) is 18.5 Å². The highest BCUT2D eigenvalue weighted by atomic mass is 35.5. The lowest BCUT2D eigenvalue weighted by Crippen LogP contribution is -2.08. The molecule has 0 saturated carbocycles. The summed E-state index contributed by atoms with van der Waals surface area (Å²) in [5, 5.41) is 3.94. The molecule has 1 aromatic rings. The van der Waals surface area contributed by atoms with E-state index in [1.54, 1.807) is 0 Å². The van der Waals surface area contributed by atoms with E-state index in [4.69, 9.17) is 11.6 Å². The van der Waals surface area contributed by atoms with Gasteiger partial charge in [0.2, 0.25) is 0 Å². The molecule has 1 N–H and O–H groups in total. The number of anilines is 1. The van der Waals surface area contributed by atoms with Gasteiger partial charge in [0.05, 0.1) is 0 Å². The zero-order valence-electron chi connectivity index (χ0n) is 11.4. The van der Waals surface area contributed by atoms with Crippen LogP contribution in [-0.2, 0) is 6.42 Å². The average Bonchev–Trinajstić information content (AvgIpc) is 2.35. The zero-order chi connectivity index (χ0) is 13.4. The first-order chi connectivity index (χ1) is 8.69. The molecule has 3 nitrogen and oxygen atoms in total. The number of aryl methyl sites for hydroxylation is 1. The quantitative estimate of drug-likeness (QED) is 0.580. The largest absolute Gasteiger partial charge is 0.370 e. The van der Waals surface area contributed by atoms with E-state index in [-0.39, 0.29) is 0 Å². The molecule has 0 saturated heterocycles. The predicted molar refractivity (Wildman–Crippen MR) is 81.9 cm³/mol. The van der Waals surface area contributed by atoms with Crippen LogP contribution in [0.25, 0.3) is 0 Å². The molecular weight excluding hydrogens is 266 g/mol. The fraction of sp³-hybridized carbons (Fsp3) is 0.692. The van der Waals surface area contributed by atoms with E-state index in [2.05, 4.69) is 28.5 Å². The molecule has 1 rings (SSSR count). The number of hydrogen-bond acceptors (Lipinski definition) is 4. The van der Waals surface area contributed by atoms with Crippen molar-refractivity contribution in [3.8, 4) is 0 Å². The van der Waals surface area contributed by atoms with E-state index in [1.165, 1.54) is 12.2 Å². The van der Waals surface area contributed by atoms with Gasteiger partial charge >= 0.3 is 0 Å². The Hall–Kier alpha value is -0.480. The van der Waals surface area contributed by atoms with Gasteiger partial charge in [-0.25, -0.2) is 9.97 Å². The molecule has 0 aliphatic carbocycles. The lowest BCUT2D eigenvalue weighted by molar-refractivity contribution is 0.814. The first-order valence-corrected chi connectivity index (χ1v) is 8.22. The number of unbranched alkanes of at least 4 members (excludes halogenated alkanes) is 1. The van der Waals surface area contributed by atoms with E-state index in [0.717, 1.165) is 43.0 Å². The lowest BCUT2D eigenvalue weighted by atomic mass is 10.3. The SMILES string of the molecule is CCCc1nc(Cl)c(C)c(NCCCCSC)n1. The highest BCUT2D eigenvalue weighted by Gasteiger charge is 2.08. The smallest absolute Gasteiger partial charge is 0.137 e. The molecule has 0 aromatic carbocycles. The van der Waals surface area contributed by atoms with Crippen molar-refractivity contribution in [1.29, 1.82) is 0 Å². The van der Waals surface area contributed by atoms with Crippen LogP contribution in [0.15, 0.2) is 0 Å². The number of rotatable bonds is 8. The minimum atomic E-state index is 0.570. The number of halogens is 1. The van der Waals surface area contributed by atoms with Gasteiger partial charge in [0.25, 0.3) is 0 Å². The summed E-state index contributed by atoms with van der Waals surface area (Å²) in [7, 11) is 0. The fourth-order valence-corrected chi connectivity index (χ4v) is 2.30. The van der Waals surface area contributed by atoms with Crippen LogP contribution in [0.4, 0.5) is 5.82 Å². The van der Waals surface area contributed by atoms with Crippen LogP contribution in [0.3, 0.4) is 0 Å². The topological polar surface area (TPSA) is 37.8 Å². The first-order valence-electron chi connectivity index (χ1n) is 6.44. The molecule has 0 atom stereocenters. The second-order valence-electron chi connectivity index (χ2n) is 4.28. The van der Waals surface area contributed by atoms with Gasteiger partial charge in [-0.15, -0.1) is 0 Å². The van der Waals surface area contributed by atoms with Gasteiger partial charge in [0, 0.05) is 18.5 Å². The van der Waals surface area contributed by atoms with Crippen molar-refractivity contribution in [3.05, 3.63) is 16.5 Å². The van der Waals surface area contributed by atoms with Crippen molar-refractivity contribution >= 4 is 29.2 Å². The van der Waals surface area contributed by atoms with Crippen molar-refractivity contribution in [3.63, 3.8) is 0 Å². The fourth-order valence-electron chi connectivity index (χ4n) is 1.62. The van der Waals surface area contributed by atoms with Crippen molar-refractivity contribution in [1.82, 2.24) is 9.97 Å². The predicted octanol–water partition coefficient (Wildman–Crippen LogP) is 3.95. The van der Waals surface area contributed by atoms with E-state index in [9.17, 15) is 0 Å². The van der Waals surface area contributed by atoms with Crippen LogP contribution in [0.2, 0.25) is 5.15 Å². The summed E-state index contributed by atoms with van der Waals surface area (Å²) in [5.41, 5.74) is 0.946. The third-order valence-electron chi connectivity index (χ3n) is 2.67. The number of aromatic nitrogens is 2. The summed E-state index contributed by atoms with van der Waals surface area (Å²) >= 11 is 8.01. The van der Waals surface area contributed by atoms with Crippen LogP contribution >= 0.6 is 23.4 Å². The van der Waals surface area contributed by atoms with Crippen LogP contribution < -0.4 is 5.32 Å². The molecule has 1 aromatic heterocycles. The van der Waals surface area contributed by atoms with E-state index >= 15 is 0 Å². The highest BCUT2D eigenvalue weighted by Crippen LogP contribution is 2.20. The molecule has 0 radical (unpaired) electrons. The average molecular weight is 288 g/mol. The van der Waals surface area contributed by atoms with Gasteiger partial charge in [-0.2, -0.15) is 11.8 Å². The molecule has 0 amide bonds. The standard InChI is InChI=1S/C13H22ClN3S/c1-4-7-11-16-12(14)10(2)13(17-11)15-8-5-6-9-18-3/h4-9H2,1-3H3,(H,15,16,17). The monoisotopic (exact) mass is 287 g/mol. The molecule has 0 aliphatic heterocycles. The third-order valence-corrected chi connectivity index (χ3v) is 3.74. The second kappa shape index (κ2) is 8.59. The van der Waals surface area contributed by atoms with Crippen molar-refractivity contribution in [2.24, 2.45) is 0 Å². The Bertz CT molecular complexity index is 371. The van der Waals surface area contributed by atoms with Gasteiger partial charge in [0.15, 0.2) is 0 Å². The Morgan fingerprint density at radius 2 is 2.06 bits per heavy atom. The third kappa shape index (κ3) is 5.02. The highest BCUT2D eigenvalue weighted by molar-refractivity contribution is 7.98. The van der Waals surface area contributed by atoms with Crippen LogP contribution in [0, 0.1) is 6.92 Å². The molecule has 102 valence electrons. The minimum Gasteiger partial charge on any atom is -0.370 e. The molecule has 0 aliphatic rings. The van der Waals surface area contributed by atoms with Crippen LogP contribution in [-0.4, -0.2) is 28.5 Å². The van der Waals surface area contributed by atoms with Crippen LogP contribution in [0.5, 0.6) is 0 Å². The molecule has 0 fully saturated rings. The van der Waals surface area contributed by atoms with E-state index in [0.29, 0.717) is 5.15 Å². The summed E-state index contributed by atoms with van der Waals surface area (Å²) < 4.78 is 0. The number of nitrogens with one attached hydrogen (secondary N) is 1. The summed E-state index contributed by atoms with van der Waals surface area (Å²) in [6.45, 7) is 5.02. The normalized spacial score (nSPS) is 10.7. The van der Waals surface area contributed by atoms with E-state index in [1.807, 2.05) is 18.7 Å². The maximum atomic E-state index is 6.12. The summed E-state index contributed by atoms with van der Waals surface area (Å²) in [4.78, 5) is 8.82. The number of thioether (sulfide) groups is 1. The van der Waals surface area contributed by atoms with Gasteiger partial charge in [-0.05, 0) is 38.2 Å². The second-order valence-corrected chi connectivity index (χ2v) is 5.62. The first kappa shape index (κ1) is 15.6. The maximum Gasteiger partial charge on any atom is 0.137 e. The van der Waals surface area contributed by atoms with Crippen molar-refractivity contribution in [2.75, 3.05) is 23.9 Å². The van der Waals surface area contributed by atoms with Crippen molar-refractivity contribution < 1.29 is 0 Å². The van der Waals surface area contributed by atoms with Crippen molar-refractivity contribution in [2.45, 2.75) is 39.5 Å². The van der Waals surface area contributed by atoms with Gasteiger partial charge in [-0.3, -0.25) is 0 Å². The molecule has 0 unspecified atom stereocenters. The van der Waals surface area contributed by atoms with E-state index < -0.39 is 0 Å². The number of hydrogen-bond donors (Lipinski definition) is 1. The Kier molecular flexibility index (Phi) is 7.44. The zero-order valence-corrected chi connectivity index (χ0v) is 13.0. The summed E-state index contributed by atoms with van der Waals surface area (Å²) in [6.07, 6.45) is 6.44. The Morgan fingerprint density at radius 3 is 2.72 bits per heavy atom. The lowest BCUT2D eigenvalue weighted by Gasteiger charge is -2.11. The number of nitrogens with zero attached hydrogens (tertiary/aromatic N) is 2. The molecule has 0 bridgehead atoms. The Morgan fingerprint density at radius 1 is 1.28 bits per heavy atom. The molecule has 5 heteroatoms. The molecule has 18 heavy (non-hydrogen) atoms. The van der Waals surface area contributed by atoms with Gasteiger partial charge in [0.1, 0.15) is 16.8 Å². The Labute approximate surface area is 119 Å². The Balaban J connectivity index is 2.57. The van der Waals surface area contributed by atoms with Gasteiger partial charge < -0.3 is 5.32 Å². The summed E-state index contributed by atoms with van der Waals surface area (Å²) in [5.74, 6) is 2.94. The minimum absolute atomic E-state index is 0.570.